The van der Waals surface area contributed by atoms with Gasteiger partial charge in [-0.2, -0.15) is 5.26 Å². The van der Waals surface area contributed by atoms with Gasteiger partial charge in [-0.3, -0.25) is 4.79 Å². The van der Waals surface area contributed by atoms with Gasteiger partial charge >= 0.3 is 5.97 Å². The largest absolute Gasteiger partial charge is 0.451 e. The van der Waals surface area contributed by atoms with E-state index in [4.69, 9.17) is 9.47 Å². The summed E-state index contributed by atoms with van der Waals surface area (Å²) in [5, 5.41) is 9.47. The van der Waals surface area contributed by atoms with Crippen LogP contribution in [0.1, 0.15) is 29.4 Å². The van der Waals surface area contributed by atoms with E-state index in [2.05, 4.69) is 4.57 Å². The summed E-state index contributed by atoms with van der Waals surface area (Å²) < 4.78 is 12.4. The number of hydrogen-bond donors (Lipinski definition) is 0. The van der Waals surface area contributed by atoms with Crippen LogP contribution < -0.4 is 4.90 Å². The molecule has 1 aromatic heterocycles. The van der Waals surface area contributed by atoms with Crippen LogP contribution >= 0.6 is 0 Å². The van der Waals surface area contributed by atoms with E-state index in [0.29, 0.717) is 13.2 Å². The number of amides is 1. The summed E-state index contributed by atoms with van der Waals surface area (Å²) in [5.41, 5.74) is 4.48. The molecule has 2 heterocycles. The summed E-state index contributed by atoms with van der Waals surface area (Å²) >= 11 is 0. The van der Waals surface area contributed by atoms with Gasteiger partial charge in [-0.15, -0.1) is 0 Å². The molecule has 162 valence electrons. The van der Waals surface area contributed by atoms with Crippen molar-refractivity contribution in [3.8, 4) is 6.07 Å². The standard InChI is InChI=1S/C24H27N3O4/c1-16-11-20(18(3)26(16)9-10-30-4)13-21(14-25)24(29)31-15-23(28)27-17(2)12-19-7-5-6-8-22(19)27/h5-8,11,13,17H,9-10,12,15H2,1-4H3/b21-13+/t17-/m0/s1. The fourth-order valence-corrected chi connectivity index (χ4v) is 4.01. The van der Waals surface area contributed by atoms with Gasteiger partial charge in [0.25, 0.3) is 5.91 Å². The van der Waals surface area contributed by atoms with E-state index in [1.165, 1.54) is 6.08 Å². The lowest BCUT2D eigenvalue weighted by Gasteiger charge is -2.22. The van der Waals surface area contributed by atoms with Gasteiger partial charge in [0.05, 0.1) is 6.61 Å². The van der Waals surface area contributed by atoms with Crippen LogP contribution in [-0.2, 0) is 32.0 Å². The van der Waals surface area contributed by atoms with Crippen LogP contribution in [0, 0.1) is 25.2 Å². The van der Waals surface area contributed by atoms with Crippen molar-refractivity contribution in [3.63, 3.8) is 0 Å². The van der Waals surface area contributed by atoms with Crippen LogP contribution in [0.3, 0.4) is 0 Å². The Morgan fingerprint density at radius 2 is 2.03 bits per heavy atom. The van der Waals surface area contributed by atoms with Gasteiger partial charge in [0.1, 0.15) is 11.6 Å². The van der Waals surface area contributed by atoms with E-state index in [9.17, 15) is 14.9 Å². The molecule has 0 N–H and O–H groups in total. The maximum absolute atomic E-state index is 12.7. The van der Waals surface area contributed by atoms with Gasteiger partial charge < -0.3 is 18.9 Å². The van der Waals surface area contributed by atoms with Crippen LogP contribution in [-0.4, -0.2) is 42.8 Å². The number of rotatable bonds is 7. The second kappa shape index (κ2) is 9.63. The van der Waals surface area contributed by atoms with E-state index < -0.39 is 12.6 Å². The molecule has 1 aliphatic rings. The van der Waals surface area contributed by atoms with E-state index in [-0.39, 0.29) is 17.5 Å². The van der Waals surface area contributed by atoms with Gasteiger partial charge in [-0.1, -0.05) is 18.2 Å². The number of para-hydroxylation sites is 1. The first-order valence-electron chi connectivity index (χ1n) is 10.2. The highest BCUT2D eigenvalue weighted by Gasteiger charge is 2.31. The quantitative estimate of drug-likeness (QED) is 0.389. The van der Waals surface area contributed by atoms with E-state index >= 15 is 0 Å². The molecule has 1 amide bonds. The van der Waals surface area contributed by atoms with Crippen LogP contribution in [0.15, 0.2) is 35.9 Å². The normalized spacial score (nSPS) is 15.5. The highest BCUT2D eigenvalue weighted by atomic mass is 16.5. The molecule has 3 rings (SSSR count). The zero-order valence-electron chi connectivity index (χ0n) is 18.3. The average molecular weight is 421 g/mol. The minimum atomic E-state index is -0.808. The number of ether oxygens (including phenoxy) is 2. The lowest BCUT2D eigenvalue weighted by atomic mass is 10.1. The second-order valence-corrected chi connectivity index (χ2v) is 7.66. The maximum Gasteiger partial charge on any atom is 0.349 e. The number of anilines is 1. The zero-order chi connectivity index (χ0) is 22.5. The molecule has 0 radical (unpaired) electrons. The SMILES string of the molecule is COCCn1c(C)cc(/C=C(\C#N)C(=O)OCC(=O)N2c3ccccc3C[C@@H]2C)c1C. The van der Waals surface area contributed by atoms with Crippen molar-refractivity contribution in [2.75, 3.05) is 25.2 Å². The summed E-state index contributed by atoms with van der Waals surface area (Å²) in [7, 11) is 1.64. The molecule has 0 saturated heterocycles. The van der Waals surface area contributed by atoms with Crippen molar-refractivity contribution in [1.82, 2.24) is 4.57 Å². The third kappa shape index (κ3) is 4.70. The Morgan fingerprint density at radius 1 is 1.29 bits per heavy atom. The first-order valence-corrected chi connectivity index (χ1v) is 10.2. The Bertz CT molecular complexity index is 1060. The lowest BCUT2D eigenvalue weighted by molar-refractivity contribution is -0.143. The monoisotopic (exact) mass is 421 g/mol. The number of nitriles is 1. The highest BCUT2D eigenvalue weighted by molar-refractivity contribution is 6.01. The second-order valence-electron chi connectivity index (χ2n) is 7.66. The highest BCUT2D eigenvalue weighted by Crippen LogP contribution is 2.31. The van der Waals surface area contributed by atoms with Crippen molar-refractivity contribution in [2.45, 2.75) is 39.8 Å². The fraction of sp³-hybridized carbons (Fsp3) is 0.375. The predicted octanol–water partition coefficient (Wildman–Crippen LogP) is 3.18. The van der Waals surface area contributed by atoms with Crippen LogP contribution in [0.5, 0.6) is 0 Å². The van der Waals surface area contributed by atoms with Gasteiger partial charge in [0.15, 0.2) is 6.61 Å². The smallest absolute Gasteiger partial charge is 0.349 e. The summed E-state index contributed by atoms with van der Waals surface area (Å²) in [5.74, 6) is -1.11. The van der Waals surface area contributed by atoms with Gasteiger partial charge in [0.2, 0.25) is 0 Å². The molecule has 0 bridgehead atoms. The summed E-state index contributed by atoms with van der Waals surface area (Å²) in [4.78, 5) is 26.9. The summed E-state index contributed by atoms with van der Waals surface area (Å²) in [6.45, 7) is 6.66. The number of nitrogens with zero attached hydrogens (tertiary/aromatic N) is 3. The van der Waals surface area contributed by atoms with E-state index in [1.807, 2.05) is 57.2 Å². The summed E-state index contributed by atoms with van der Waals surface area (Å²) in [6.07, 6.45) is 2.27. The maximum atomic E-state index is 12.7. The predicted molar refractivity (Wildman–Crippen MR) is 117 cm³/mol. The Hall–Kier alpha value is -3.37. The number of hydrogen-bond acceptors (Lipinski definition) is 5. The van der Waals surface area contributed by atoms with Crippen molar-refractivity contribution in [1.29, 1.82) is 5.26 Å². The first kappa shape index (κ1) is 22.3. The fourth-order valence-electron chi connectivity index (χ4n) is 4.01. The van der Waals surface area contributed by atoms with Crippen LogP contribution in [0.2, 0.25) is 0 Å². The van der Waals surface area contributed by atoms with Crippen LogP contribution in [0.25, 0.3) is 6.08 Å². The number of methoxy groups -OCH3 is 1. The van der Waals surface area contributed by atoms with E-state index in [1.54, 1.807) is 12.0 Å². The molecule has 0 spiro atoms. The zero-order valence-corrected chi connectivity index (χ0v) is 18.3. The van der Waals surface area contributed by atoms with Crippen molar-refractivity contribution in [3.05, 3.63) is 58.4 Å². The number of fused-ring (bicyclic) bond motifs is 1. The number of carbonyl (C=O) groups is 2. The molecule has 1 aromatic carbocycles. The lowest BCUT2D eigenvalue weighted by Crippen LogP contribution is -2.38. The van der Waals surface area contributed by atoms with E-state index in [0.717, 1.165) is 34.6 Å². The molecule has 0 unspecified atom stereocenters. The molecule has 31 heavy (non-hydrogen) atoms. The average Bonchev–Trinajstić information content (AvgIpc) is 3.23. The molecular formula is C24H27N3O4. The number of benzene rings is 1. The molecule has 1 atom stereocenters. The molecule has 0 fully saturated rings. The number of aryl methyl sites for hydroxylation is 1. The minimum Gasteiger partial charge on any atom is -0.451 e. The Balaban J connectivity index is 1.70. The molecule has 0 saturated carbocycles. The topological polar surface area (TPSA) is 84.6 Å². The third-order valence-corrected chi connectivity index (χ3v) is 5.57. The van der Waals surface area contributed by atoms with Crippen molar-refractivity contribution < 1.29 is 19.1 Å². The summed E-state index contributed by atoms with van der Waals surface area (Å²) in [6, 6.07) is 11.5. The Kier molecular flexibility index (Phi) is 6.93. The van der Waals surface area contributed by atoms with Gasteiger partial charge in [-0.05, 0) is 56.5 Å². The number of esters is 1. The molecule has 1 aliphatic heterocycles. The minimum absolute atomic E-state index is 0.00734. The molecular weight excluding hydrogens is 394 g/mol. The number of aromatic nitrogens is 1. The van der Waals surface area contributed by atoms with Crippen molar-refractivity contribution >= 4 is 23.6 Å². The van der Waals surface area contributed by atoms with Gasteiger partial charge in [-0.25, -0.2) is 4.79 Å². The first-order chi connectivity index (χ1) is 14.9. The third-order valence-electron chi connectivity index (χ3n) is 5.57. The Morgan fingerprint density at radius 3 is 2.74 bits per heavy atom. The molecule has 0 aliphatic carbocycles. The van der Waals surface area contributed by atoms with Gasteiger partial charge in [0, 0.05) is 36.8 Å². The Labute approximate surface area is 182 Å². The van der Waals surface area contributed by atoms with Crippen molar-refractivity contribution in [2.24, 2.45) is 0 Å². The molecule has 7 heteroatoms. The number of carbonyl (C=O) groups excluding carboxylic acids is 2. The molecule has 2 aromatic rings. The van der Waals surface area contributed by atoms with Crippen LogP contribution in [0.4, 0.5) is 5.69 Å². The molecule has 7 nitrogen and oxygen atoms in total.